The molecule has 0 unspecified atom stereocenters. The number of nitrogens with zero attached hydrogens (tertiary/aromatic N) is 2. The standard InChI is InChI=1S/C11H16ClN3OS/c1-7(15-17(16)11(2,3)4)9-5-8(12)6-14-10(9)13/h5-6H,1-4H3,(H2,13,14)/b15-7+/t17-/m1/s1. The molecule has 0 saturated heterocycles. The van der Waals surface area contributed by atoms with Gasteiger partial charge in [-0.25, -0.2) is 9.19 Å². The first-order chi connectivity index (χ1) is 7.71. The Balaban J connectivity index is 3.12. The van der Waals surface area contributed by atoms with Crippen LogP contribution in [0.3, 0.4) is 0 Å². The van der Waals surface area contributed by atoms with Gasteiger partial charge in [0.2, 0.25) is 0 Å². The molecule has 0 aliphatic heterocycles. The second-order valence-electron chi connectivity index (χ2n) is 4.62. The lowest BCUT2D eigenvalue weighted by Crippen LogP contribution is -2.21. The van der Waals surface area contributed by atoms with Gasteiger partial charge in [0.15, 0.2) is 0 Å². The average molecular weight is 274 g/mol. The number of nitrogens with two attached hydrogens (primary N) is 1. The van der Waals surface area contributed by atoms with Gasteiger partial charge in [-0.05, 0) is 33.8 Å². The normalized spacial score (nSPS) is 14.8. The highest BCUT2D eigenvalue weighted by Crippen LogP contribution is 2.18. The monoisotopic (exact) mass is 273 g/mol. The van der Waals surface area contributed by atoms with Gasteiger partial charge in [0.25, 0.3) is 0 Å². The van der Waals surface area contributed by atoms with Crippen molar-refractivity contribution in [2.45, 2.75) is 32.4 Å². The lowest BCUT2D eigenvalue weighted by atomic mass is 10.2. The van der Waals surface area contributed by atoms with Crippen LogP contribution in [0.1, 0.15) is 33.3 Å². The fourth-order valence-corrected chi connectivity index (χ4v) is 1.83. The second kappa shape index (κ2) is 5.14. The molecule has 0 aliphatic carbocycles. The van der Waals surface area contributed by atoms with Crippen molar-refractivity contribution >= 4 is 34.1 Å². The fraction of sp³-hybridized carbons (Fsp3) is 0.455. The summed E-state index contributed by atoms with van der Waals surface area (Å²) < 4.78 is 15.6. The molecule has 0 amide bonds. The van der Waals surface area contributed by atoms with E-state index >= 15 is 0 Å². The first-order valence-electron chi connectivity index (χ1n) is 5.10. The molecule has 94 valence electrons. The summed E-state index contributed by atoms with van der Waals surface area (Å²) in [5.74, 6) is 0.335. The Morgan fingerprint density at radius 3 is 2.65 bits per heavy atom. The predicted molar refractivity (Wildman–Crippen MR) is 73.8 cm³/mol. The van der Waals surface area contributed by atoms with Crippen molar-refractivity contribution in [1.82, 2.24) is 4.98 Å². The maximum atomic E-state index is 11.9. The van der Waals surface area contributed by atoms with Crippen LogP contribution < -0.4 is 5.73 Å². The van der Waals surface area contributed by atoms with Crippen molar-refractivity contribution in [1.29, 1.82) is 0 Å². The van der Waals surface area contributed by atoms with E-state index in [0.29, 0.717) is 22.1 Å². The smallest absolute Gasteiger partial charge is 0.145 e. The van der Waals surface area contributed by atoms with E-state index in [1.54, 1.807) is 13.0 Å². The van der Waals surface area contributed by atoms with E-state index in [1.165, 1.54) is 6.20 Å². The lowest BCUT2D eigenvalue weighted by molar-refractivity contribution is 0.650. The van der Waals surface area contributed by atoms with Gasteiger partial charge in [-0.2, -0.15) is 4.40 Å². The Kier molecular flexibility index (Phi) is 4.27. The van der Waals surface area contributed by atoms with Crippen LogP contribution in [0.15, 0.2) is 16.7 Å². The Morgan fingerprint density at radius 1 is 1.53 bits per heavy atom. The van der Waals surface area contributed by atoms with Crippen LogP contribution in [0.25, 0.3) is 0 Å². The molecule has 6 heteroatoms. The summed E-state index contributed by atoms with van der Waals surface area (Å²) in [7, 11) is -1.32. The molecule has 0 aromatic carbocycles. The van der Waals surface area contributed by atoms with Crippen molar-refractivity contribution < 1.29 is 4.21 Å². The van der Waals surface area contributed by atoms with Crippen molar-refractivity contribution in [3.63, 3.8) is 0 Å². The SMILES string of the molecule is C/C(=N\[S@](=O)C(C)(C)C)c1cc(Cl)cnc1N. The van der Waals surface area contributed by atoms with Gasteiger partial charge in [0.1, 0.15) is 16.8 Å². The molecule has 0 spiro atoms. The fourth-order valence-electron chi connectivity index (χ4n) is 1.05. The van der Waals surface area contributed by atoms with E-state index < -0.39 is 15.7 Å². The third-order valence-corrected chi connectivity index (χ3v) is 3.71. The molecule has 2 N–H and O–H groups in total. The molecule has 1 heterocycles. The summed E-state index contributed by atoms with van der Waals surface area (Å²) in [4.78, 5) is 3.94. The summed E-state index contributed by atoms with van der Waals surface area (Å²) in [6.45, 7) is 7.33. The van der Waals surface area contributed by atoms with E-state index in [4.69, 9.17) is 17.3 Å². The van der Waals surface area contributed by atoms with Crippen LogP contribution in [-0.2, 0) is 11.0 Å². The molecule has 1 rings (SSSR count). The first kappa shape index (κ1) is 14.1. The van der Waals surface area contributed by atoms with Crippen molar-refractivity contribution in [2.24, 2.45) is 4.40 Å². The highest BCUT2D eigenvalue weighted by atomic mass is 35.5. The highest BCUT2D eigenvalue weighted by Gasteiger charge is 2.19. The van der Waals surface area contributed by atoms with Gasteiger partial charge < -0.3 is 5.73 Å². The number of nitrogen functional groups attached to an aromatic ring is 1. The summed E-state index contributed by atoms with van der Waals surface area (Å²) in [6, 6.07) is 1.67. The summed E-state index contributed by atoms with van der Waals surface area (Å²) in [5.41, 5.74) is 6.92. The van der Waals surface area contributed by atoms with E-state index in [2.05, 4.69) is 9.38 Å². The van der Waals surface area contributed by atoms with Gasteiger partial charge in [0, 0.05) is 11.8 Å². The number of rotatable bonds is 2. The van der Waals surface area contributed by atoms with Crippen molar-refractivity contribution in [3.8, 4) is 0 Å². The predicted octanol–water partition coefficient (Wildman–Crippen LogP) is 2.59. The average Bonchev–Trinajstić information content (AvgIpc) is 2.20. The minimum absolute atomic E-state index is 0.335. The van der Waals surface area contributed by atoms with Gasteiger partial charge in [-0.1, -0.05) is 11.6 Å². The van der Waals surface area contributed by atoms with Crippen LogP contribution >= 0.6 is 11.6 Å². The zero-order valence-corrected chi connectivity index (χ0v) is 11.9. The zero-order valence-electron chi connectivity index (χ0n) is 10.3. The number of halogens is 1. The summed E-state index contributed by atoms with van der Waals surface area (Å²) >= 11 is 5.84. The van der Waals surface area contributed by atoms with E-state index in [-0.39, 0.29) is 0 Å². The molecular formula is C11H16ClN3OS. The Morgan fingerprint density at radius 2 is 2.12 bits per heavy atom. The van der Waals surface area contributed by atoms with Gasteiger partial charge in [-0.3, -0.25) is 0 Å². The van der Waals surface area contributed by atoms with Crippen molar-refractivity contribution in [3.05, 3.63) is 22.8 Å². The van der Waals surface area contributed by atoms with E-state index in [0.717, 1.165) is 0 Å². The molecule has 0 radical (unpaired) electrons. The zero-order chi connectivity index (χ0) is 13.2. The molecule has 0 fully saturated rings. The minimum atomic E-state index is -1.32. The van der Waals surface area contributed by atoms with Crippen LogP contribution in [0, 0.1) is 0 Å². The van der Waals surface area contributed by atoms with Crippen LogP contribution in [0.4, 0.5) is 5.82 Å². The molecule has 0 bridgehead atoms. The highest BCUT2D eigenvalue weighted by molar-refractivity contribution is 7.85. The molecule has 1 aromatic rings. The maximum absolute atomic E-state index is 11.9. The molecule has 1 atom stereocenters. The molecular weight excluding hydrogens is 258 g/mol. The molecule has 0 aliphatic rings. The Hall–Kier alpha value is -0.940. The van der Waals surface area contributed by atoms with E-state index in [1.807, 2.05) is 20.8 Å². The van der Waals surface area contributed by atoms with Crippen LogP contribution in [-0.4, -0.2) is 19.7 Å². The lowest BCUT2D eigenvalue weighted by Gasteiger charge is -2.14. The number of anilines is 1. The van der Waals surface area contributed by atoms with Crippen LogP contribution in [0.5, 0.6) is 0 Å². The number of pyridine rings is 1. The number of hydrogen-bond acceptors (Lipinski definition) is 3. The first-order valence-corrected chi connectivity index (χ1v) is 6.59. The maximum Gasteiger partial charge on any atom is 0.145 e. The largest absolute Gasteiger partial charge is 0.383 e. The van der Waals surface area contributed by atoms with Gasteiger partial charge >= 0.3 is 0 Å². The Bertz CT molecular complexity index is 480. The molecule has 4 nitrogen and oxygen atoms in total. The summed E-state index contributed by atoms with van der Waals surface area (Å²) in [6.07, 6.45) is 1.47. The third kappa shape index (κ3) is 3.78. The number of hydrogen-bond donors (Lipinski definition) is 1. The van der Waals surface area contributed by atoms with Gasteiger partial charge in [0.05, 0.1) is 15.5 Å². The minimum Gasteiger partial charge on any atom is -0.383 e. The van der Waals surface area contributed by atoms with E-state index in [9.17, 15) is 4.21 Å². The molecule has 17 heavy (non-hydrogen) atoms. The third-order valence-electron chi connectivity index (χ3n) is 2.02. The van der Waals surface area contributed by atoms with Gasteiger partial charge in [-0.15, -0.1) is 0 Å². The molecule has 1 aromatic heterocycles. The quantitative estimate of drug-likeness (QED) is 0.842. The number of aromatic nitrogens is 1. The van der Waals surface area contributed by atoms with Crippen LogP contribution in [0.2, 0.25) is 5.02 Å². The Labute approximate surface area is 109 Å². The van der Waals surface area contributed by atoms with Crippen molar-refractivity contribution in [2.75, 3.05) is 5.73 Å². The molecule has 0 saturated carbocycles. The second-order valence-corrected chi connectivity index (χ2v) is 6.97. The summed E-state index contributed by atoms with van der Waals surface area (Å²) in [5, 5.41) is 0.477. The topological polar surface area (TPSA) is 68.3 Å².